The highest BCUT2D eigenvalue weighted by Crippen LogP contribution is 2.17. The number of carbonyl (C=O) groups excluding carboxylic acids is 1. The number of carbonyl (C=O) groups is 1. The van der Waals surface area contributed by atoms with Crippen molar-refractivity contribution in [3.63, 3.8) is 0 Å². The van der Waals surface area contributed by atoms with Gasteiger partial charge in [-0.3, -0.25) is 4.79 Å². The molecule has 7 nitrogen and oxygen atoms in total. The SMILES string of the molecule is Cn1cncc1C(=O)N1CCN(c2ccc(N)nc2)CC1. The third-order valence-electron chi connectivity index (χ3n) is 3.74. The topological polar surface area (TPSA) is 80.3 Å². The van der Waals surface area contributed by atoms with Crippen molar-refractivity contribution in [3.8, 4) is 0 Å². The molecule has 3 heterocycles. The average Bonchev–Trinajstić information content (AvgIpc) is 2.94. The minimum absolute atomic E-state index is 0.0325. The van der Waals surface area contributed by atoms with Crippen LogP contribution in [0, 0.1) is 0 Å². The second-order valence-electron chi connectivity index (χ2n) is 5.11. The quantitative estimate of drug-likeness (QED) is 0.862. The summed E-state index contributed by atoms with van der Waals surface area (Å²) in [5.74, 6) is 0.550. The number of nitrogens with zero attached hydrogens (tertiary/aromatic N) is 5. The molecule has 0 bridgehead atoms. The summed E-state index contributed by atoms with van der Waals surface area (Å²) >= 11 is 0. The van der Waals surface area contributed by atoms with Gasteiger partial charge in [-0.15, -0.1) is 0 Å². The van der Waals surface area contributed by atoms with Gasteiger partial charge in [0.1, 0.15) is 11.5 Å². The molecule has 0 aliphatic carbocycles. The maximum atomic E-state index is 12.4. The van der Waals surface area contributed by atoms with E-state index in [1.54, 1.807) is 29.4 Å². The third kappa shape index (κ3) is 2.67. The number of aryl methyl sites for hydroxylation is 1. The van der Waals surface area contributed by atoms with Gasteiger partial charge in [0.2, 0.25) is 0 Å². The molecule has 21 heavy (non-hydrogen) atoms. The Bertz CT molecular complexity index is 627. The molecule has 0 spiro atoms. The molecule has 1 aliphatic rings. The number of rotatable bonds is 2. The van der Waals surface area contributed by atoms with Crippen molar-refractivity contribution in [1.29, 1.82) is 0 Å². The fraction of sp³-hybridized carbons (Fsp3) is 0.357. The summed E-state index contributed by atoms with van der Waals surface area (Å²) in [7, 11) is 1.83. The highest BCUT2D eigenvalue weighted by Gasteiger charge is 2.23. The van der Waals surface area contributed by atoms with Crippen LogP contribution in [0.3, 0.4) is 0 Å². The van der Waals surface area contributed by atoms with Crippen molar-refractivity contribution < 1.29 is 4.79 Å². The van der Waals surface area contributed by atoms with Gasteiger partial charge in [-0.1, -0.05) is 0 Å². The van der Waals surface area contributed by atoms with Crippen LogP contribution >= 0.6 is 0 Å². The molecule has 2 aromatic heterocycles. The first-order valence-corrected chi connectivity index (χ1v) is 6.87. The van der Waals surface area contributed by atoms with Crippen LogP contribution in [0.15, 0.2) is 30.9 Å². The van der Waals surface area contributed by atoms with E-state index in [4.69, 9.17) is 5.73 Å². The summed E-state index contributed by atoms with van der Waals surface area (Å²) in [5, 5.41) is 0. The van der Waals surface area contributed by atoms with Crippen molar-refractivity contribution in [2.75, 3.05) is 36.8 Å². The number of pyridine rings is 1. The molecule has 1 aliphatic heterocycles. The monoisotopic (exact) mass is 286 g/mol. The molecule has 2 aromatic rings. The summed E-state index contributed by atoms with van der Waals surface area (Å²) in [6, 6.07) is 3.75. The van der Waals surface area contributed by atoms with Crippen LogP contribution in [0.4, 0.5) is 11.5 Å². The Morgan fingerprint density at radius 3 is 2.52 bits per heavy atom. The van der Waals surface area contributed by atoms with Crippen molar-refractivity contribution in [3.05, 3.63) is 36.5 Å². The van der Waals surface area contributed by atoms with Crippen LogP contribution in [0.25, 0.3) is 0 Å². The van der Waals surface area contributed by atoms with Crippen molar-refractivity contribution in [1.82, 2.24) is 19.4 Å². The molecule has 0 unspecified atom stereocenters. The second kappa shape index (κ2) is 5.43. The van der Waals surface area contributed by atoms with Gasteiger partial charge in [-0.2, -0.15) is 0 Å². The van der Waals surface area contributed by atoms with E-state index in [0.717, 1.165) is 18.8 Å². The van der Waals surface area contributed by atoms with Crippen LogP contribution in [-0.2, 0) is 7.05 Å². The van der Waals surface area contributed by atoms with Crippen molar-refractivity contribution in [2.24, 2.45) is 7.05 Å². The van der Waals surface area contributed by atoms with Gasteiger partial charge in [0.05, 0.1) is 24.4 Å². The first kappa shape index (κ1) is 13.4. The number of hydrogen-bond acceptors (Lipinski definition) is 5. The predicted octanol–water partition coefficient (Wildman–Crippen LogP) is 0.360. The summed E-state index contributed by atoms with van der Waals surface area (Å²) in [6.07, 6.45) is 5.02. The number of nitrogens with two attached hydrogens (primary N) is 1. The van der Waals surface area contributed by atoms with Crippen LogP contribution < -0.4 is 10.6 Å². The normalized spacial score (nSPS) is 15.3. The van der Waals surface area contributed by atoms with Crippen LogP contribution in [0.1, 0.15) is 10.5 Å². The maximum absolute atomic E-state index is 12.4. The highest BCUT2D eigenvalue weighted by molar-refractivity contribution is 5.92. The lowest BCUT2D eigenvalue weighted by Gasteiger charge is -2.35. The number of amides is 1. The van der Waals surface area contributed by atoms with E-state index in [1.807, 2.05) is 18.0 Å². The summed E-state index contributed by atoms with van der Waals surface area (Å²) in [6.45, 7) is 2.95. The van der Waals surface area contributed by atoms with E-state index in [2.05, 4.69) is 14.9 Å². The molecule has 0 atom stereocenters. The molecule has 0 saturated carbocycles. The molecule has 1 saturated heterocycles. The smallest absolute Gasteiger partial charge is 0.272 e. The molecule has 7 heteroatoms. The van der Waals surface area contributed by atoms with Crippen molar-refractivity contribution >= 4 is 17.4 Å². The van der Waals surface area contributed by atoms with Crippen LogP contribution in [0.5, 0.6) is 0 Å². The number of anilines is 2. The van der Waals surface area contributed by atoms with E-state index >= 15 is 0 Å². The third-order valence-corrected chi connectivity index (χ3v) is 3.74. The zero-order chi connectivity index (χ0) is 14.8. The minimum atomic E-state index is 0.0325. The Balaban J connectivity index is 1.64. The first-order chi connectivity index (χ1) is 10.1. The van der Waals surface area contributed by atoms with Gasteiger partial charge >= 0.3 is 0 Å². The van der Waals surface area contributed by atoms with Gasteiger partial charge < -0.3 is 20.1 Å². The van der Waals surface area contributed by atoms with Crippen molar-refractivity contribution in [2.45, 2.75) is 0 Å². The molecule has 0 radical (unpaired) electrons. The Labute approximate surface area is 123 Å². The molecular formula is C14H18N6O. The standard InChI is InChI=1S/C14H18N6O/c1-18-10-16-9-12(18)14(21)20-6-4-19(5-7-20)11-2-3-13(15)17-8-11/h2-3,8-10H,4-7H2,1H3,(H2,15,17). The zero-order valence-electron chi connectivity index (χ0n) is 11.9. The maximum Gasteiger partial charge on any atom is 0.272 e. The summed E-state index contributed by atoms with van der Waals surface area (Å²) in [5.41, 5.74) is 7.26. The fourth-order valence-corrected chi connectivity index (χ4v) is 2.48. The van der Waals surface area contributed by atoms with E-state index in [0.29, 0.717) is 24.6 Å². The lowest BCUT2D eigenvalue weighted by molar-refractivity contribution is 0.0737. The Morgan fingerprint density at radius 2 is 1.95 bits per heavy atom. The first-order valence-electron chi connectivity index (χ1n) is 6.87. The van der Waals surface area contributed by atoms with Crippen LogP contribution in [-0.4, -0.2) is 51.5 Å². The Morgan fingerprint density at radius 1 is 1.19 bits per heavy atom. The molecule has 1 amide bonds. The lowest BCUT2D eigenvalue weighted by Crippen LogP contribution is -2.49. The second-order valence-corrected chi connectivity index (χ2v) is 5.11. The largest absolute Gasteiger partial charge is 0.384 e. The predicted molar refractivity (Wildman–Crippen MR) is 80.0 cm³/mol. The van der Waals surface area contributed by atoms with Crippen LogP contribution in [0.2, 0.25) is 0 Å². The Hall–Kier alpha value is -2.57. The molecule has 2 N–H and O–H groups in total. The number of aromatic nitrogens is 3. The fourth-order valence-electron chi connectivity index (χ4n) is 2.48. The van der Waals surface area contributed by atoms with E-state index in [9.17, 15) is 4.79 Å². The molecule has 1 fully saturated rings. The zero-order valence-corrected chi connectivity index (χ0v) is 11.9. The lowest BCUT2D eigenvalue weighted by atomic mass is 10.2. The van der Waals surface area contributed by atoms with E-state index < -0.39 is 0 Å². The minimum Gasteiger partial charge on any atom is -0.384 e. The highest BCUT2D eigenvalue weighted by atomic mass is 16.2. The number of piperazine rings is 1. The Kier molecular flexibility index (Phi) is 3.47. The van der Waals surface area contributed by atoms with Gasteiger partial charge in [-0.05, 0) is 12.1 Å². The molecule has 3 rings (SSSR count). The van der Waals surface area contributed by atoms with Gasteiger partial charge in [0, 0.05) is 33.2 Å². The number of hydrogen-bond donors (Lipinski definition) is 1. The van der Waals surface area contributed by atoms with E-state index in [-0.39, 0.29) is 5.91 Å². The average molecular weight is 286 g/mol. The summed E-state index contributed by atoms with van der Waals surface area (Å²) < 4.78 is 1.75. The molecule has 110 valence electrons. The number of imidazole rings is 1. The van der Waals surface area contributed by atoms with E-state index in [1.165, 1.54) is 0 Å². The molecule has 0 aromatic carbocycles. The van der Waals surface area contributed by atoms with Gasteiger partial charge in [0.15, 0.2) is 0 Å². The van der Waals surface area contributed by atoms with Gasteiger partial charge in [-0.25, -0.2) is 9.97 Å². The summed E-state index contributed by atoms with van der Waals surface area (Å²) in [4.78, 5) is 24.6. The van der Waals surface area contributed by atoms with Gasteiger partial charge in [0.25, 0.3) is 5.91 Å². The number of nitrogen functional groups attached to an aromatic ring is 1. The molecular weight excluding hydrogens is 268 g/mol.